The summed E-state index contributed by atoms with van der Waals surface area (Å²) in [5.74, 6) is 0. The molecule has 0 aromatic heterocycles. The van der Waals surface area contributed by atoms with Crippen LogP contribution in [0, 0.1) is 0 Å². The fourth-order valence-corrected chi connectivity index (χ4v) is 1.44. The van der Waals surface area contributed by atoms with E-state index in [1.54, 1.807) is 6.92 Å². The third kappa shape index (κ3) is 2.22. The third-order valence-electron chi connectivity index (χ3n) is 2.23. The molecule has 0 bridgehead atoms. The molecule has 0 aliphatic carbocycles. The molecule has 0 aromatic rings. The van der Waals surface area contributed by atoms with Crippen LogP contribution in [0.1, 0.15) is 6.92 Å². The molecule has 1 heterocycles. The highest BCUT2D eigenvalue weighted by Crippen LogP contribution is 2.22. The van der Waals surface area contributed by atoms with Crippen molar-refractivity contribution in [2.45, 2.75) is 37.6 Å². The van der Waals surface area contributed by atoms with Gasteiger partial charge in [0, 0.05) is 6.61 Å². The maximum atomic E-state index is 9.55. The van der Waals surface area contributed by atoms with E-state index in [2.05, 4.69) is 0 Å². The Balaban J connectivity index is 2.57. The standard InChI is InChI=1S/C8H17NO5/c1-2-13-8-5(9)6(12)7(14-8)4(11)3-10/h4-8,10-12H,2-3,9H2,1H3/t4-,5-,6-,7-,8+/m1/s1. The number of aliphatic hydroxyl groups is 3. The fraction of sp³-hybridized carbons (Fsp3) is 1.00. The van der Waals surface area contributed by atoms with Crippen LogP contribution in [0.3, 0.4) is 0 Å². The smallest absolute Gasteiger partial charge is 0.175 e. The van der Waals surface area contributed by atoms with Gasteiger partial charge in [0.1, 0.15) is 18.3 Å². The average molecular weight is 207 g/mol. The molecule has 5 atom stereocenters. The monoisotopic (exact) mass is 207 g/mol. The van der Waals surface area contributed by atoms with Crippen LogP contribution >= 0.6 is 0 Å². The van der Waals surface area contributed by atoms with Gasteiger partial charge < -0.3 is 30.5 Å². The zero-order valence-electron chi connectivity index (χ0n) is 8.04. The average Bonchev–Trinajstić information content (AvgIpc) is 2.46. The van der Waals surface area contributed by atoms with Crippen LogP contribution < -0.4 is 5.73 Å². The normalized spacial score (nSPS) is 40.1. The van der Waals surface area contributed by atoms with Gasteiger partial charge in [0.25, 0.3) is 0 Å². The van der Waals surface area contributed by atoms with Gasteiger partial charge in [-0.2, -0.15) is 0 Å². The van der Waals surface area contributed by atoms with Gasteiger partial charge in [0.15, 0.2) is 6.29 Å². The minimum atomic E-state index is -1.14. The molecule has 0 amide bonds. The second-order valence-corrected chi connectivity index (χ2v) is 3.24. The van der Waals surface area contributed by atoms with Gasteiger partial charge in [-0.15, -0.1) is 0 Å². The molecular formula is C8H17NO5. The van der Waals surface area contributed by atoms with Crippen molar-refractivity contribution in [3.05, 3.63) is 0 Å². The first kappa shape index (κ1) is 11.8. The van der Waals surface area contributed by atoms with Crippen molar-refractivity contribution >= 4 is 0 Å². The third-order valence-corrected chi connectivity index (χ3v) is 2.23. The molecule has 1 aliphatic rings. The quantitative estimate of drug-likeness (QED) is 0.416. The van der Waals surface area contributed by atoms with E-state index < -0.39 is 37.3 Å². The summed E-state index contributed by atoms with van der Waals surface area (Å²) in [7, 11) is 0. The van der Waals surface area contributed by atoms with Crippen molar-refractivity contribution in [2.24, 2.45) is 5.73 Å². The number of hydrogen-bond acceptors (Lipinski definition) is 6. The molecule has 0 radical (unpaired) electrons. The van der Waals surface area contributed by atoms with E-state index in [1.807, 2.05) is 0 Å². The predicted octanol–water partition coefficient (Wildman–Crippen LogP) is -2.21. The molecule has 0 spiro atoms. The van der Waals surface area contributed by atoms with Gasteiger partial charge in [0.2, 0.25) is 0 Å². The maximum Gasteiger partial charge on any atom is 0.175 e. The number of aliphatic hydroxyl groups excluding tert-OH is 3. The molecule has 84 valence electrons. The second-order valence-electron chi connectivity index (χ2n) is 3.24. The highest BCUT2D eigenvalue weighted by Gasteiger charge is 2.45. The molecule has 14 heavy (non-hydrogen) atoms. The first-order chi connectivity index (χ1) is 6.61. The van der Waals surface area contributed by atoms with Gasteiger partial charge in [-0.3, -0.25) is 0 Å². The second kappa shape index (κ2) is 5.01. The zero-order chi connectivity index (χ0) is 10.7. The summed E-state index contributed by atoms with van der Waals surface area (Å²) >= 11 is 0. The molecule has 6 heteroatoms. The first-order valence-electron chi connectivity index (χ1n) is 4.61. The van der Waals surface area contributed by atoms with Gasteiger partial charge >= 0.3 is 0 Å². The lowest BCUT2D eigenvalue weighted by Gasteiger charge is -2.18. The Hall–Kier alpha value is -0.240. The minimum absolute atomic E-state index is 0.410. The molecule has 0 unspecified atom stereocenters. The Bertz CT molecular complexity index is 177. The highest BCUT2D eigenvalue weighted by atomic mass is 16.7. The number of hydrogen-bond donors (Lipinski definition) is 4. The van der Waals surface area contributed by atoms with Crippen molar-refractivity contribution in [3.63, 3.8) is 0 Å². The maximum absolute atomic E-state index is 9.55. The van der Waals surface area contributed by atoms with Crippen molar-refractivity contribution in [1.29, 1.82) is 0 Å². The van der Waals surface area contributed by atoms with E-state index in [0.29, 0.717) is 6.61 Å². The van der Waals surface area contributed by atoms with E-state index in [-0.39, 0.29) is 0 Å². The van der Waals surface area contributed by atoms with Crippen LogP contribution in [0.15, 0.2) is 0 Å². The zero-order valence-corrected chi connectivity index (χ0v) is 8.04. The molecule has 1 saturated heterocycles. The van der Waals surface area contributed by atoms with Crippen molar-refractivity contribution in [2.75, 3.05) is 13.2 Å². The SMILES string of the molecule is CCO[C@H]1O[C@H]([C@H](O)CO)[C@H](O)[C@H]1N. The van der Waals surface area contributed by atoms with Crippen LogP contribution in [0.2, 0.25) is 0 Å². The van der Waals surface area contributed by atoms with Crippen LogP contribution in [0.4, 0.5) is 0 Å². The summed E-state index contributed by atoms with van der Waals surface area (Å²) in [5, 5.41) is 27.5. The molecule has 0 saturated carbocycles. The fourth-order valence-electron chi connectivity index (χ4n) is 1.44. The van der Waals surface area contributed by atoms with Gasteiger partial charge in [0.05, 0.1) is 12.6 Å². The predicted molar refractivity (Wildman–Crippen MR) is 47.4 cm³/mol. The Morgan fingerprint density at radius 1 is 1.57 bits per heavy atom. The Labute approximate surface area is 82.2 Å². The van der Waals surface area contributed by atoms with E-state index in [1.165, 1.54) is 0 Å². The summed E-state index contributed by atoms with van der Waals surface area (Å²) in [5.41, 5.74) is 5.60. The lowest BCUT2D eigenvalue weighted by molar-refractivity contribution is -0.162. The molecule has 1 fully saturated rings. The lowest BCUT2D eigenvalue weighted by Crippen LogP contribution is -2.44. The Morgan fingerprint density at radius 2 is 2.21 bits per heavy atom. The first-order valence-corrected chi connectivity index (χ1v) is 4.61. The minimum Gasteiger partial charge on any atom is -0.394 e. The van der Waals surface area contributed by atoms with Crippen molar-refractivity contribution < 1.29 is 24.8 Å². The Kier molecular flexibility index (Phi) is 4.24. The summed E-state index contributed by atoms with van der Waals surface area (Å²) in [4.78, 5) is 0. The van der Waals surface area contributed by atoms with Crippen LogP contribution in [0.5, 0.6) is 0 Å². The number of nitrogens with two attached hydrogens (primary N) is 1. The summed E-state index contributed by atoms with van der Waals surface area (Å²) in [6, 6.07) is -0.693. The van der Waals surface area contributed by atoms with E-state index >= 15 is 0 Å². The summed E-state index contributed by atoms with van der Waals surface area (Å²) in [6.07, 6.45) is -3.76. The lowest BCUT2D eigenvalue weighted by atomic mass is 10.1. The number of ether oxygens (including phenoxy) is 2. The summed E-state index contributed by atoms with van der Waals surface area (Å²) in [6.45, 7) is 1.71. The largest absolute Gasteiger partial charge is 0.394 e. The van der Waals surface area contributed by atoms with Crippen molar-refractivity contribution in [3.8, 4) is 0 Å². The highest BCUT2D eigenvalue weighted by molar-refractivity contribution is 4.93. The van der Waals surface area contributed by atoms with Gasteiger partial charge in [-0.25, -0.2) is 0 Å². The Morgan fingerprint density at radius 3 is 2.71 bits per heavy atom. The summed E-state index contributed by atoms with van der Waals surface area (Å²) < 4.78 is 10.3. The van der Waals surface area contributed by atoms with Crippen LogP contribution in [0.25, 0.3) is 0 Å². The molecule has 1 rings (SSSR count). The van der Waals surface area contributed by atoms with Gasteiger partial charge in [-0.05, 0) is 6.92 Å². The van der Waals surface area contributed by atoms with Gasteiger partial charge in [-0.1, -0.05) is 0 Å². The van der Waals surface area contributed by atoms with E-state index in [4.69, 9.17) is 20.3 Å². The molecular weight excluding hydrogens is 190 g/mol. The van der Waals surface area contributed by atoms with Crippen molar-refractivity contribution in [1.82, 2.24) is 0 Å². The molecule has 6 nitrogen and oxygen atoms in total. The van der Waals surface area contributed by atoms with E-state index in [0.717, 1.165) is 0 Å². The molecule has 0 aromatic carbocycles. The van der Waals surface area contributed by atoms with E-state index in [9.17, 15) is 10.2 Å². The molecule has 1 aliphatic heterocycles. The molecule has 5 N–H and O–H groups in total. The number of rotatable bonds is 4. The van der Waals surface area contributed by atoms with Crippen LogP contribution in [-0.2, 0) is 9.47 Å². The van der Waals surface area contributed by atoms with Crippen LogP contribution in [-0.4, -0.2) is 59.2 Å². The topological polar surface area (TPSA) is 105 Å².